The molecule has 6 heteroatoms. The van der Waals surface area contributed by atoms with E-state index in [0.29, 0.717) is 0 Å². The molecule has 4 nitrogen and oxygen atoms in total. The third-order valence-electron chi connectivity index (χ3n) is 5.64. The smallest absolute Gasteiger partial charge is 0.229 e. The van der Waals surface area contributed by atoms with E-state index >= 15 is 0 Å². The zero-order valence-corrected chi connectivity index (χ0v) is 18.8. The third kappa shape index (κ3) is 7.31. The van der Waals surface area contributed by atoms with Crippen LogP contribution in [0, 0.1) is 11.8 Å². The number of carbonyl (C=O) groups is 1. The highest BCUT2D eigenvalue weighted by Crippen LogP contribution is 2.22. The van der Waals surface area contributed by atoms with E-state index in [4.69, 9.17) is 5.73 Å². The zero-order chi connectivity index (χ0) is 19.2. The molecule has 0 aromatic heterocycles. The second-order valence-corrected chi connectivity index (χ2v) is 7.87. The quantitative estimate of drug-likeness (QED) is 0.665. The number of hydrogen-bond acceptors (Lipinski definition) is 3. The van der Waals surface area contributed by atoms with Crippen LogP contribution in [0.5, 0.6) is 0 Å². The Kier molecular flexibility index (Phi) is 10.7. The first-order valence-corrected chi connectivity index (χ1v) is 9.95. The van der Waals surface area contributed by atoms with E-state index in [2.05, 4.69) is 29.3 Å². The number of likely N-dealkylation sites (tertiary alicyclic amines) is 1. The second kappa shape index (κ2) is 12.2. The molecule has 0 saturated carbocycles. The van der Waals surface area contributed by atoms with Crippen molar-refractivity contribution in [3.05, 3.63) is 65.7 Å². The minimum atomic E-state index is -0.313. The van der Waals surface area contributed by atoms with Crippen molar-refractivity contribution in [2.45, 2.75) is 39.3 Å². The number of rotatable bonds is 6. The van der Waals surface area contributed by atoms with Gasteiger partial charge in [0.2, 0.25) is 5.91 Å². The molecule has 1 aliphatic rings. The van der Waals surface area contributed by atoms with Crippen LogP contribution in [-0.4, -0.2) is 23.9 Å². The van der Waals surface area contributed by atoms with Gasteiger partial charge in [0.1, 0.15) is 0 Å². The molecule has 0 aliphatic carbocycles. The lowest BCUT2D eigenvalue weighted by atomic mass is 9.94. The molecule has 160 valence electrons. The van der Waals surface area contributed by atoms with Gasteiger partial charge in [-0.2, -0.15) is 0 Å². The van der Waals surface area contributed by atoms with Crippen LogP contribution in [0.15, 0.2) is 54.6 Å². The number of benzene rings is 2. The molecule has 0 bridgehead atoms. The molecule has 3 rings (SSSR count). The van der Waals surface area contributed by atoms with Crippen molar-refractivity contribution >= 4 is 36.4 Å². The van der Waals surface area contributed by atoms with Gasteiger partial charge in [0.25, 0.3) is 0 Å². The van der Waals surface area contributed by atoms with E-state index in [0.717, 1.165) is 23.7 Å². The summed E-state index contributed by atoms with van der Waals surface area (Å²) >= 11 is 0. The molecule has 1 fully saturated rings. The number of carbonyl (C=O) groups excluding carboxylic acids is 1. The molecule has 0 spiro atoms. The molecule has 2 atom stereocenters. The molecule has 2 aromatic carbocycles. The first-order chi connectivity index (χ1) is 13.0. The van der Waals surface area contributed by atoms with Crippen LogP contribution >= 0.6 is 24.8 Å². The summed E-state index contributed by atoms with van der Waals surface area (Å²) in [5.74, 6) is 0.495. The molecular formula is C23H33Cl2N3O. The average Bonchev–Trinajstić information content (AvgIpc) is 2.70. The summed E-state index contributed by atoms with van der Waals surface area (Å²) in [5, 5.41) is 3.00. The van der Waals surface area contributed by atoms with Crippen molar-refractivity contribution in [2.24, 2.45) is 17.6 Å². The Bertz CT molecular complexity index is 732. The molecule has 29 heavy (non-hydrogen) atoms. The van der Waals surface area contributed by atoms with Crippen LogP contribution in [0.1, 0.15) is 43.9 Å². The Balaban J connectivity index is 0.00000210. The zero-order valence-electron chi connectivity index (χ0n) is 17.2. The standard InChI is InChI=1S/C23H31N3O.2ClH/c1-17-12-14-26(15-13-17)16-19-8-10-21(11-9-19)25-23(27)18(2)22(24)20-6-4-3-5-7-20;;/h3-11,17-18,22H,12-16,24H2,1-2H3,(H,25,27);2*1H. The number of nitrogens with two attached hydrogens (primary N) is 1. The van der Waals surface area contributed by atoms with Gasteiger partial charge in [-0.05, 0) is 55.1 Å². The van der Waals surface area contributed by atoms with Gasteiger partial charge < -0.3 is 11.1 Å². The number of nitrogens with zero attached hydrogens (tertiary/aromatic N) is 1. The largest absolute Gasteiger partial charge is 0.326 e. The van der Waals surface area contributed by atoms with Crippen LogP contribution in [0.3, 0.4) is 0 Å². The summed E-state index contributed by atoms with van der Waals surface area (Å²) in [6.45, 7) is 7.54. The number of hydrogen-bond donors (Lipinski definition) is 2. The summed E-state index contributed by atoms with van der Waals surface area (Å²) in [5.41, 5.74) is 9.35. The van der Waals surface area contributed by atoms with Gasteiger partial charge in [0.15, 0.2) is 0 Å². The van der Waals surface area contributed by atoms with Crippen LogP contribution in [0.25, 0.3) is 0 Å². The van der Waals surface area contributed by atoms with E-state index in [9.17, 15) is 4.79 Å². The monoisotopic (exact) mass is 437 g/mol. The van der Waals surface area contributed by atoms with E-state index in [1.807, 2.05) is 49.4 Å². The maximum atomic E-state index is 12.6. The Labute approximate surface area is 187 Å². The van der Waals surface area contributed by atoms with Gasteiger partial charge in [-0.15, -0.1) is 24.8 Å². The Hall–Kier alpha value is -1.59. The highest BCUT2D eigenvalue weighted by Gasteiger charge is 2.22. The molecule has 1 aliphatic heterocycles. The maximum absolute atomic E-state index is 12.6. The van der Waals surface area contributed by atoms with Crippen LogP contribution in [0.2, 0.25) is 0 Å². The first kappa shape index (κ1) is 25.4. The van der Waals surface area contributed by atoms with Gasteiger partial charge in [0.05, 0.1) is 5.92 Å². The summed E-state index contributed by atoms with van der Waals surface area (Å²) in [6, 6.07) is 17.6. The Morgan fingerprint density at radius 3 is 2.24 bits per heavy atom. The van der Waals surface area contributed by atoms with Crippen molar-refractivity contribution < 1.29 is 4.79 Å². The van der Waals surface area contributed by atoms with Crippen LogP contribution < -0.4 is 11.1 Å². The lowest BCUT2D eigenvalue weighted by molar-refractivity contribution is -0.120. The van der Waals surface area contributed by atoms with Crippen LogP contribution in [-0.2, 0) is 11.3 Å². The van der Waals surface area contributed by atoms with E-state index in [1.165, 1.54) is 31.5 Å². The lowest BCUT2D eigenvalue weighted by Gasteiger charge is -2.30. The molecule has 1 amide bonds. The number of piperidine rings is 1. The van der Waals surface area contributed by atoms with Crippen molar-refractivity contribution in [3.63, 3.8) is 0 Å². The highest BCUT2D eigenvalue weighted by molar-refractivity contribution is 5.92. The van der Waals surface area contributed by atoms with E-state index in [-0.39, 0.29) is 42.7 Å². The highest BCUT2D eigenvalue weighted by atomic mass is 35.5. The van der Waals surface area contributed by atoms with Gasteiger partial charge in [-0.25, -0.2) is 0 Å². The summed E-state index contributed by atoms with van der Waals surface area (Å²) in [6.07, 6.45) is 2.57. The SMILES string of the molecule is CC1CCN(Cc2ccc(NC(=O)C(C)C(N)c3ccccc3)cc2)CC1.Cl.Cl. The van der Waals surface area contributed by atoms with Gasteiger partial charge >= 0.3 is 0 Å². The second-order valence-electron chi connectivity index (χ2n) is 7.87. The summed E-state index contributed by atoms with van der Waals surface area (Å²) in [4.78, 5) is 15.1. The predicted octanol–water partition coefficient (Wildman–Crippen LogP) is 5.04. The Morgan fingerprint density at radius 2 is 1.66 bits per heavy atom. The molecule has 1 saturated heterocycles. The number of halogens is 2. The van der Waals surface area contributed by atoms with Crippen molar-refractivity contribution in [2.75, 3.05) is 18.4 Å². The molecule has 2 aromatic rings. The third-order valence-corrected chi connectivity index (χ3v) is 5.64. The summed E-state index contributed by atoms with van der Waals surface area (Å²) in [7, 11) is 0. The van der Waals surface area contributed by atoms with Gasteiger partial charge in [-0.3, -0.25) is 9.69 Å². The number of anilines is 1. The number of amides is 1. The van der Waals surface area contributed by atoms with E-state index < -0.39 is 0 Å². The minimum absolute atomic E-state index is 0. The predicted molar refractivity (Wildman–Crippen MR) is 126 cm³/mol. The lowest BCUT2D eigenvalue weighted by Crippen LogP contribution is -2.32. The van der Waals surface area contributed by atoms with Gasteiger partial charge in [-0.1, -0.05) is 56.3 Å². The van der Waals surface area contributed by atoms with Crippen molar-refractivity contribution in [3.8, 4) is 0 Å². The topological polar surface area (TPSA) is 58.4 Å². The fraction of sp³-hybridized carbons (Fsp3) is 0.435. The normalized spacial score (nSPS) is 16.8. The van der Waals surface area contributed by atoms with Crippen molar-refractivity contribution in [1.82, 2.24) is 4.90 Å². The number of nitrogens with one attached hydrogen (secondary N) is 1. The minimum Gasteiger partial charge on any atom is -0.326 e. The summed E-state index contributed by atoms with van der Waals surface area (Å²) < 4.78 is 0. The van der Waals surface area contributed by atoms with Gasteiger partial charge in [0, 0.05) is 18.3 Å². The molecular weight excluding hydrogens is 405 g/mol. The molecule has 1 heterocycles. The maximum Gasteiger partial charge on any atom is 0.229 e. The fourth-order valence-electron chi connectivity index (χ4n) is 3.55. The first-order valence-electron chi connectivity index (χ1n) is 9.95. The average molecular weight is 438 g/mol. The fourth-order valence-corrected chi connectivity index (χ4v) is 3.55. The molecule has 0 radical (unpaired) electrons. The van der Waals surface area contributed by atoms with Crippen LogP contribution in [0.4, 0.5) is 5.69 Å². The van der Waals surface area contributed by atoms with E-state index in [1.54, 1.807) is 0 Å². The van der Waals surface area contributed by atoms with Crippen molar-refractivity contribution in [1.29, 1.82) is 0 Å². The molecule has 2 unspecified atom stereocenters. The molecule has 3 N–H and O–H groups in total. The Morgan fingerprint density at radius 1 is 1.07 bits per heavy atom.